The quantitative estimate of drug-likeness (QED) is 0.0275. The van der Waals surface area contributed by atoms with E-state index in [-0.39, 0.29) is 69.3 Å². The molecule has 5 aliphatic rings. The van der Waals surface area contributed by atoms with Gasteiger partial charge >= 0.3 is 0 Å². The summed E-state index contributed by atoms with van der Waals surface area (Å²) in [5.41, 5.74) is -0.179. The van der Waals surface area contributed by atoms with Gasteiger partial charge in [-0.2, -0.15) is 0 Å². The highest BCUT2D eigenvalue weighted by molar-refractivity contribution is 5.98. The minimum atomic E-state index is -2.47. The molecular weight excluding hydrogens is 1520 g/mol. The summed E-state index contributed by atoms with van der Waals surface area (Å²) >= 11 is 0. The highest BCUT2D eigenvalue weighted by Crippen LogP contribution is 2.29. The van der Waals surface area contributed by atoms with Crippen molar-refractivity contribution in [2.24, 2.45) is 11.8 Å². The second-order valence-corrected chi connectivity index (χ2v) is 30.7. The van der Waals surface area contributed by atoms with Gasteiger partial charge in [0.2, 0.25) is 65.0 Å². The van der Waals surface area contributed by atoms with Crippen LogP contribution in [-0.4, -0.2) is 343 Å². The second kappa shape index (κ2) is 47.2. The Morgan fingerprint density at radius 1 is 0.522 bits per heavy atom. The fourth-order valence-corrected chi connectivity index (χ4v) is 14.5. The standard InChI is InChI=1S/C74H122N12O29/c1-5-36(2)30-37(3)14-10-8-6-7-9-11-15-51(97)78-42-32-46(94)66(77-28-27-76-50(96)17-13-19-53(99)80-72-65(107)63(105)60(102)48(35-88)115-72)84-70(111)57-45(93)25-29-85(57)74(113)55(44(92)24-26-75-49(95)16-12-18-52(98)79-71-64(106)62(104)59(101)47(34-87)114-71)82-69(110)56(61(103)58(100)39-20-22-40(90)23-21-39)83-68(109)43-31-41(91)33-86(43)73(112)54(38(4)89)81-67(42)108/h20-23,36-38,41-48,54-66,71-72,77,87-94,100-107H,5-19,24-35H2,1-4H3,(H,75,95)(H,76,96)(H,78,97)(H,79,98)(H,80,99)(H,81,108)(H,82,110)(H,83,109)(H,84,111)/t36-,37+,38+,41+,42-,43?,44+,45-,46+,47+,48+,54?,55?,56?,57?,58-,59-,60-,61-,62-,63-,64+,65+,66-,71?,72?/m0/s1. The summed E-state index contributed by atoms with van der Waals surface area (Å²) in [7, 11) is 0. The molecule has 115 heavy (non-hydrogen) atoms. The molecule has 26 N–H and O–H groups in total. The van der Waals surface area contributed by atoms with Crippen molar-refractivity contribution in [3.8, 4) is 5.75 Å². The van der Waals surface area contributed by atoms with E-state index >= 15 is 14.4 Å². The maximum absolute atomic E-state index is 15.4. The maximum Gasteiger partial charge on any atom is 0.248 e. The monoisotopic (exact) mass is 1640 g/mol. The van der Waals surface area contributed by atoms with Crippen LogP contribution >= 0.6 is 0 Å². The molecule has 5 saturated heterocycles. The molecule has 26 atom stereocenters. The molecule has 0 radical (unpaired) electrons. The van der Waals surface area contributed by atoms with E-state index in [0.717, 1.165) is 85.9 Å². The number of hydrogen-bond donors (Lipinski definition) is 26. The van der Waals surface area contributed by atoms with Gasteiger partial charge in [0.05, 0.1) is 43.7 Å². The first kappa shape index (κ1) is 96.3. The van der Waals surface area contributed by atoms with Gasteiger partial charge in [0, 0.05) is 77.7 Å². The lowest BCUT2D eigenvalue weighted by Crippen LogP contribution is -2.65. The molecule has 5 fully saturated rings. The number of amides is 11. The molecule has 1 aromatic rings. The van der Waals surface area contributed by atoms with Crippen molar-refractivity contribution < 1.29 is 144 Å². The number of phenolic OH excluding ortho intramolecular Hbond substituents is 1. The Morgan fingerprint density at radius 2 is 1.03 bits per heavy atom. The summed E-state index contributed by atoms with van der Waals surface area (Å²) in [6.07, 6.45) is -28.7. The van der Waals surface area contributed by atoms with Crippen LogP contribution in [0.3, 0.4) is 0 Å². The molecule has 0 spiro atoms. The third kappa shape index (κ3) is 28.6. The van der Waals surface area contributed by atoms with E-state index in [0.29, 0.717) is 24.7 Å². The Labute approximate surface area is 665 Å². The van der Waals surface area contributed by atoms with Crippen molar-refractivity contribution in [1.82, 2.24) is 63.0 Å². The van der Waals surface area contributed by atoms with Gasteiger partial charge in [-0.3, -0.25) is 58.1 Å². The lowest BCUT2D eigenvalue weighted by atomic mass is 9.91. The minimum Gasteiger partial charge on any atom is -0.508 e. The Morgan fingerprint density at radius 3 is 1.60 bits per heavy atom. The number of aliphatic hydroxyl groups is 15. The predicted molar refractivity (Wildman–Crippen MR) is 400 cm³/mol. The van der Waals surface area contributed by atoms with E-state index in [1.807, 2.05) is 0 Å². The van der Waals surface area contributed by atoms with E-state index in [9.17, 15) is 120 Å². The molecule has 0 saturated carbocycles. The molecular formula is C74H122N12O29. The van der Waals surface area contributed by atoms with Gasteiger partial charge in [0.1, 0.15) is 109 Å². The number of nitrogens with zero attached hydrogens (tertiary/aromatic N) is 2. The number of aliphatic hydroxyl groups excluding tert-OH is 15. The predicted octanol–water partition coefficient (Wildman–Crippen LogP) is -8.82. The van der Waals surface area contributed by atoms with Gasteiger partial charge in [0.25, 0.3) is 0 Å². The second-order valence-electron chi connectivity index (χ2n) is 30.7. The zero-order valence-corrected chi connectivity index (χ0v) is 65.3. The SMILES string of the molecule is CC[C@H](C)C[C@H](C)CCCCCCCCC(=O)N[C@H]1C[C@@H](O)[C@@H](NCCNC(=O)CCCC(=O)NC2O[C@H](CO)[C@H](O)[C@H](O)[C@H]2O)NC(=O)C2[C@@H](O)CCN2C(=O)C([C@H](O)CCNC(=O)CCCC(=O)NC2O[C@H](CO)[C@H](O)[C@H](O)[C@H]2O)NC(=O)C([C@H](O)[C@@H](O)c2ccc(O)cc2)NC(=O)C2C[C@@H](O)CN2C(=O)C([C@@H](C)O)NC1=O. The number of nitrogens with one attached hydrogen (secondary N) is 10. The molecule has 11 amide bonds. The number of rotatable bonds is 37. The van der Waals surface area contributed by atoms with Crippen molar-refractivity contribution in [2.75, 3.05) is 45.9 Å². The number of carbonyl (C=O) groups is 11. The van der Waals surface area contributed by atoms with Crippen LogP contribution in [0, 0.1) is 11.8 Å². The first-order chi connectivity index (χ1) is 54.5. The normalized spacial score (nSPS) is 30.9. The summed E-state index contributed by atoms with van der Waals surface area (Å²) in [5.74, 6) is -10.8. The number of carbonyl (C=O) groups excluding carboxylic acids is 11. The molecule has 41 nitrogen and oxygen atoms in total. The van der Waals surface area contributed by atoms with Crippen LogP contribution in [0.25, 0.3) is 0 Å². The van der Waals surface area contributed by atoms with Crippen LogP contribution in [-0.2, 0) is 62.2 Å². The minimum absolute atomic E-state index is 0.111. The molecule has 41 heteroatoms. The van der Waals surface area contributed by atoms with Crippen LogP contribution in [0.4, 0.5) is 0 Å². The van der Waals surface area contributed by atoms with E-state index in [1.165, 1.54) is 0 Å². The summed E-state index contributed by atoms with van der Waals surface area (Å²) in [5, 5.41) is 198. The highest BCUT2D eigenvalue weighted by atomic mass is 16.6. The van der Waals surface area contributed by atoms with Crippen LogP contribution in [0.15, 0.2) is 24.3 Å². The fourth-order valence-electron chi connectivity index (χ4n) is 14.5. The molecule has 5 heterocycles. The van der Waals surface area contributed by atoms with Gasteiger partial charge in [-0.25, -0.2) is 0 Å². The zero-order valence-electron chi connectivity index (χ0n) is 65.3. The molecule has 5 aliphatic heterocycles. The topological polar surface area (TPSA) is 657 Å². The van der Waals surface area contributed by atoms with Crippen molar-refractivity contribution in [3.63, 3.8) is 0 Å². The summed E-state index contributed by atoms with van der Waals surface area (Å²) < 4.78 is 10.6. The Kier molecular flexibility index (Phi) is 39.5. The number of benzene rings is 1. The molecule has 652 valence electrons. The Hall–Kier alpha value is -7.53. The number of hydrogen-bond acceptors (Lipinski definition) is 30. The number of fused-ring (bicyclic) bond motifs is 2. The molecule has 0 bridgehead atoms. The maximum atomic E-state index is 15.4. The van der Waals surface area contributed by atoms with Gasteiger partial charge in [-0.05, 0) is 75.0 Å². The van der Waals surface area contributed by atoms with Gasteiger partial charge < -0.3 is 149 Å². The average molecular weight is 1640 g/mol. The lowest BCUT2D eigenvalue weighted by Gasteiger charge is -2.40. The third-order valence-corrected chi connectivity index (χ3v) is 21.5. The number of phenols is 1. The number of ether oxygens (including phenoxy) is 2. The summed E-state index contributed by atoms with van der Waals surface area (Å²) in [6, 6.07) is -8.09. The van der Waals surface area contributed by atoms with Crippen molar-refractivity contribution in [2.45, 2.75) is 303 Å². The largest absolute Gasteiger partial charge is 0.508 e. The summed E-state index contributed by atoms with van der Waals surface area (Å²) in [6.45, 7) is 3.72. The molecule has 1 aromatic carbocycles. The highest BCUT2D eigenvalue weighted by Gasteiger charge is 2.51. The molecule has 6 rings (SSSR count). The van der Waals surface area contributed by atoms with E-state index in [2.05, 4.69) is 73.9 Å². The summed E-state index contributed by atoms with van der Waals surface area (Å²) in [4.78, 5) is 158. The van der Waals surface area contributed by atoms with Crippen LogP contribution in [0.1, 0.15) is 168 Å². The zero-order chi connectivity index (χ0) is 85.1. The smallest absolute Gasteiger partial charge is 0.248 e. The fraction of sp³-hybridized carbons (Fsp3) is 0.770. The molecule has 7 unspecified atom stereocenters. The lowest BCUT2D eigenvalue weighted by molar-refractivity contribution is -0.236. The van der Waals surface area contributed by atoms with Crippen molar-refractivity contribution >= 4 is 65.0 Å². The first-order valence-corrected chi connectivity index (χ1v) is 39.6. The van der Waals surface area contributed by atoms with E-state index in [1.54, 1.807) is 0 Å². The van der Waals surface area contributed by atoms with Crippen LogP contribution < -0.4 is 53.2 Å². The number of aromatic hydroxyl groups is 1. The van der Waals surface area contributed by atoms with E-state index < -0.39 is 270 Å². The van der Waals surface area contributed by atoms with Crippen LogP contribution in [0.2, 0.25) is 0 Å². The van der Waals surface area contributed by atoms with Gasteiger partial charge in [-0.1, -0.05) is 77.8 Å². The molecule has 0 aromatic heterocycles. The van der Waals surface area contributed by atoms with Gasteiger partial charge in [-0.15, -0.1) is 0 Å². The van der Waals surface area contributed by atoms with Crippen molar-refractivity contribution in [3.05, 3.63) is 29.8 Å². The Balaban J connectivity index is 1.31. The first-order valence-electron chi connectivity index (χ1n) is 39.6. The molecule has 0 aliphatic carbocycles. The third-order valence-electron chi connectivity index (χ3n) is 21.5. The van der Waals surface area contributed by atoms with Crippen LogP contribution in [0.5, 0.6) is 5.75 Å². The van der Waals surface area contributed by atoms with Gasteiger partial charge in [0.15, 0.2) is 12.5 Å². The average Bonchev–Trinajstić information content (AvgIpc) is 1.68. The Bertz CT molecular complexity index is 3310. The van der Waals surface area contributed by atoms with Crippen molar-refractivity contribution in [1.29, 1.82) is 0 Å². The van der Waals surface area contributed by atoms with E-state index in [4.69, 9.17) is 9.47 Å². The number of unbranched alkanes of at least 4 members (excludes halogenated alkanes) is 5.